The van der Waals surface area contributed by atoms with Crippen molar-refractivity contribution >= 4 is 7.60 Å². The third kappa shape index (κ3) is 1.36. The summed E-state index contributed by atoms with van der Waals surface area (Å²) in [6.07, 6.45) is 5.38. The molecule has 2 fully saturated rings. The summed E-state index contributed by atoms with van der Waals surface area (Å²) in [5.41, 5.74) is 0.0880. The largest absolute Gasteiger partial charge is 0.393 e. The van der Waals surface area contributed by atoms with Gasteiger partial charge >= 0.3 is 7.60 Å². The molecule has 0 unspecified atom stereocenters. The van der Waals surface area contributed by atoms with Crippen LogP contribution < -0.4 is 0 Å². The van der Waals surface area contributed by atoms with E-state index >= 15 is 0 Å². The molecule has 0 spiro atoms. The molecule has 2 rings (SSSR count). The van der Waals surface area contributed by atoms with Gasteiger partial charge in [-0.3, -0.25) is 4.57 Å². The van der Waals surface area contributed by atoms with Crippen LogP contribution in [0.2, 0.25) is 0 Å². The quantitative estimate of drug-likeness (QED) is 0.456. The summed E-state index contributed by atoms with van der Waals surface area (Å²) < 4.78 is 20.4. The number of rotatable bonds is 1. The van der Waals surface area contributed by atoms with Gasteiger partial charge in [-0.05, 0) is 12.8 Å². The standard InChI is InChI=1S/C6H11O4P/c7-11(9-8-10-11)6-4-2-1-3-5-6/h6H,1-5H2. The lowest BCUT2D eigenvalue weighted by atomic mass is 10.0. The Balaban J connectivity index is 1.97. The van der Waals surface area contributed by atoms with E-state index in [4.69, 9.17) is 0 Å². The van der Waals surface area contributed by atoms with Gasteiger partial charge in [0.25, 0.3) is 0 Å². The van der Waals surface area contributed by atoms with Crippen molar-refractivity contribution in [1.82, 2.24) is 0 Å². The van der Waals surface area contributed by atoms with Gasteiger partial charge in [-0.1, -0.05) is 24.3 Å². The molecule has 1 aliphatic carbocycles. The van der Waals surface area contributed by atoms with Crippen molar-refractivity contribution in [2.24, 2.45) is 0 Å². The van der Waals surface area contributed by atoms with E-state index in [2.05, 4.69) is 14.4 Å². The topological polar surface area (TPSA) is 44.8 Å². The molecule has 1 aliphatic heterocycles. The second kappa shape index (κ2) is 2.87. The molecule has 1 saturated heterocycles. The summed E-state index contributed by atoms with van der Waals surface area (Å²) in [6.45, 7) is 0. The zero-order valence-corrected chi connectivity index (χ0v) is 7.09. The fraction of sp³-hybridized carbons (Fsp3) is 1.00. The normalized spacial score (nSPS) is 31.3. The van der Waals surface area contributed by atoms with Crippen LogP contribution in [0, 0.1) is 0 Å². The molecule has 1 heterocycles. The van der Waals surface area contributed by atoms with E-state index in [-0.39, 0.29) is 5.66 Å². The van der Waals surface area contributed by atoms with Crippen molar-refractivity contribution in [3.05, 3.63) is 0 Å². The van der Waals surface area contributed by atoms with Crippen molar-refractivity contribution in [2.75, 3.05) is 0 Å². The van der Waals surface area contributed by atoms with Gasteiger partial charge in [0.2, 0.25) is 0 Å². The predicted molar refractivity (Wildman–Crippen MR) is 37.7 cm³/mol. The van der Waals surface area contributed by atoms with E-state index in [9.17, 15) is 4.57 Å². The summed E-state index contributed by atoms with van der Waals surface area (Å²) in [5, 5.41) is 4.03. The fourth-order valence-electron chi connectivity index (χ4n) is 1.61. The van der Waals surface area contributed by atoms with E-state index in [1.54, 1.807) is 0 Å². The van der Waals surface area contributed by atoms with Crippen LogP contribution in [-0.4, -0.2) is 5.66 Å². The van der Waals surface area contributed by atoms with E-state index in [0.717, 1.165) is 25.7 Å². The Morgan fingerprint density at radius 1 is 1.09 bits per heavy atom. The first kappa shape index (κ1) is 7.74. The van der Waals surface area contributed by atoms with Gasteiger partial charge < -0.3 is 0 Å². The van der Waals surface area contributed by atoms with Gasteiger partial charge in [0.15, 0.2) is 0 Å². The van der Waals surface area contributed by atoms with E-state index in [0.29, 0.717) is 0 Å². The molecule has 0 aromatic carbocycles. The highest BCUT2D eigenvalue weighted by molar-refractivity contribution is 7.55. The molecule has 0 bridgehead atoms. The first-order chi connectivity index (χ1) is 5.31. The molecule has 0 aromatic heterocycles. The average Bonchev–Trinajstić information content (AvgIpc) is 2.02. The molecule has 11 heavy (non-hydrogen) atoms. The minimum absolute atomic E-state index is 0.0880. The van der Waals surface area contributed by atoms with Gasteiger partial charge in [-0.2, -0.15) is 0 Å². The van der Waals surface area contributed by atoms with Crippen LogP contribution in [0.3, 0.4) is 0 Å². The van der Waals surface area contributed by atoms with Crippen LogP contribution in [-0.2, 0) is 19.0 Å². The maximum absolute atomic E-state index is 11.5. The zero-order chi connectivity index (χ0) is 7.73. The van der Waals surface area contributed by atoms with Crippen LogP contribution >= 0.6 is 7.60 Å². The Hall–Kier alpha value is 0.110. The predicted octanol–water partition coefficient (Wildman–Crippen LogP) is 2.41. The van der Waals surface area contributed by atoms with E-state index in [1.807, 2.05) is 0 Å². The van der Waals surface area contributed by atoms with Crippen molar-refractivity contribution in [3.8, 4) is 0 Å². The van der Waals surface area contributed by atoms with Gasteiger partial charge in [0.05, 0.1) is 5.66 Å². The Kier molecular flexibility index (Phi) is 2.02. The first-order valence-electron chi connectivity index (χ1n) is 3.96. The van der Waals surface area contributed by atoms with Crippen molar-refractivity contribution in [1.29, 1.82) is 0 Å². The fourth-order valence-corrected chi connectivity index (χ4v) is 3.03. The summed E-state index contributed by atoms with van der Waals surface area (Å²) >= 11 is 0. The van der Waals surface area contributed by atoms with Crippen LogP contribution in [0.1, 0.15) is 32.1 Å². The maximum Gasteiger partial charge on any atom is 0.393 e. The lowest BCUT2D eigenvalue weighted by molar-refractivity contribution is -0.489. The zero-order valence-electron chi connectivity index (χ0n) is 6.19. The highest BCUT2D eigenvalue weighted by atomic mass is 31.2. The number of hydrogen-bond donors (Lipinski definition) is 0. The van der Waals surface area contributed by atoms with Gasteiger partial charge in [-0.15, -0.1) is 9.35 Å². The Morgan fingerprint density at radius 2 is 1.73 bits per heavy atom. The van der Waals surface area contributed by atoms with Crippen LogP contribution in [0.15, 0.2) is 0 Å². The highest BCUT2D eigenvalue weighted by Crippen LogP contribution is 2.63. The SMILES string of the molecule is O=P1(C2CCCCC2)OOO1. The molecule has 2 aliphatic rings. The third-order valence-corrected chi connectivity index (χ3v) is 4.24. The third-order valence-electron chi connectivity index (χ3n) is 2.29. The van der Waals surface area contributed by atoms with Crippen LogP contribution in [0.5, 0.6) is 0 Å². The Bertz CT molecular complexity index is 179. The second-order valence-corrected chi connectivity index (χ2v) is 5.16. The lowest BCUT2D eigenvalue weighted by Crippen LogP contribution is -2.22. The molecule has 0 radical (unpaired) electrons. The summed E-state index contributed by atoms with van der Waals surface area (Å²) in [5.74, 6) is 0. The second-order valence-electron chi connectivity index (χ2n) is 3.05. The van der Waals surface area contributed by atoms with Crippen LogP contribution in [0.25, 0.3) is 0 Å². The minimum atomic E-state index is -2.79. The Labute approximate surface area is 65.2 Å². The van der Waals surface area contributed by atoms with Crippen molar-refractivity contribution in [3.63, 3.8) is 0 Å². The average molecular weight is 178 g/mol. The van der Waals surface area contributed by atoms with E-state index in [1.165, 1.54) is 6.42 Å². The summed E-state index contributed by atoms with van der Waals surface area (Å²) in [7, 11) is -2.79. The molecule has 5 heteroatoms. The highest BCUT2D eigenvalue weighted by Gasteiger charge is 2.46. The molecule has 0 amide bonds. The molecule has 1 saturated carbocycles. The monoisotopic (exact) mass is 178 g/mol. The van der Waals surface area contributed by atoms with Crippen molar-refractivity contribution in [2.45, 2.75) is 37.8 Å². The summed E-state index contributed by atoms with van der Waals surface area (Å²) in [6, 6.07) is 0. The molecule has 4 nitrogen and oxygen atoms in total. The van der Waals surface area contributed by atoms with Crippen molar-refractivity contribution < 1.29 is 19.0 Å². The first-order valence-corrected chi connectivity index (χ1v) is 5.57. The van der Waals surface area contributed by atoms with E-state index < -0.39 is 7.60 Å². The lowest BCUT2D eigenvalue weighted by Gasteiger charge is -2.31. The molecule has 0 N–H and O–H groups in total. The minimum Gasteiger partial charge on any atom is -0.255 e. The van der Waals surface area contributed by atoms with Crippen LogP contribution in [0.4, 0.5) is 0 Å². The molecule has 0 aromatic rings. The molecular formula is C6H11O4P. The molecular weight excluding hydrogens is 167 g/mol. The molecule has 64 valence electrons. The number of hydrogen-bond acceptors (Lipinski definition) is 4. The summed E-state index contributed by atoms with van der Waals surface area (Å²) in [4.78, 5) is 0. The smallest absolute Gasteiger partial charge is 0.255 e. The van der Waals surface area contributed by atoms with Gasteiger partial charge in [0.1, 0.15) is 0 Å². The Morgan fingerprint density at radius 3 is 2.18 bits per heavy atom. The van der Waals surface area contributed by atoms with Gasteiger partial charge in [-0.25, -0.2) is 0 Å². The molecule has 0 atom stereocenters. The maximum atomic E-state index is 11.5. The van der Waals surface area contributed by atoms with Gasteiger partial charge in [0, 0.05) is 0 Å².